The molecule has 0 saturated carbocycles. The van der Waals surface area contributed by atoms with Crippen LogP contribution >= 0.6 is 11.6 Å². The molecule has 0 aromatic heterocycles. The van der Waals surface area contributed by atoms with Crippen LogP contribution in [0.25, 0.3) is 0 Å². The molecule has 2 N–H and O–H groups in total. The number of ether oxygens (including phenoxy) is 2. The minimum atomic E-state index is -1.13. The predicted molar refractivity (Wildman–Crippen MR) is 89.1 cm³/mol. The summed E-state index contributed by atoms with van der Waals surface area (Å²) in [6, 6.07) is 9.20. The molecule has 126 valence electrons. The Morgan fingerprint density at radius 2 is 1.88 bits per heavy atom. The average Bonchev–Trinajstić information content (AvgIpc) is 2.59. The van der Waals surface area contributed by atoms with Gasteiger partial charge in [-0.05, 0) is 30.3 Å². The van der Waals surface area contributed by atoms with Gasteiger partial charge in [0.25, 0.3) is 5.91 Å². The van der Waals surface area contributed by atoms with Gasteiger partial charge in [-0.1, -0.05) is 11.6 Å². The molecule has 6 nitrogen and oxygen atoms in total. The fourth-order valence-electron chi connectivity index (χ4n) is 2.10. The van der Waals surface area contributed by atoms with E-state index in [0.29, 0.717) is 11.5 Å². The predicted octanol–water partition coefficient (Wildman–Crippen LogP) is 2.99. The van der Waals surface area contributed by atoms with Crippen LogP contribution in [0.1, 0.15) is 26.3 Å². The highest BCUT2D eigenvalue weighted by Gasteiger charge is 2.14. The molecule has 0 atom stereocenters. The Kier molecular flexibility index (Phi) is 5.65. The van der Waals surface area contributed by atoms with Gasteiger partial charge in [0, 0.05) is 18.2 Å². The highest BCUT2D eigenvalue weighted by atomic mass is 35.5. The molecule has 0 spiro atoms. The van der Waals surface area contributed by atoms with Gasteiger partial charge in [-0.3, -0.25) is 4.79 Å². The molecule has 2 aromatic carbocycles. The quantitative estimate of drug-likeness (QED) is 0.837. The van der Waals surface area contributed by atoms with Crippen molar-refractivity contribution in [3.05, 3.63) is 58.1 Å². The number of carbonyl (C=O) groups is 2. The first-order valence-electron chi connectivity index (χ1n) is 6.98. The Bertz CT molecular complexity index is 776. The van der Waals surface area contributed by atoms with E-state index >= 15 is 0 Å². The standard InChI is InChI=1S/C17H16ClNO5/c1-23-12-5-3-11(15(8-12)24-2)9-19-16(20)13-7-10(17(21)22)4-6-14(13)18/h3-8H,9H2,1-2H3,(H,19,20)(H,21,22). The summed E-state index contributed by atoms with van der Waals surface area (Å²) >= 11 is 5.98. The first-order chi connectivity index (χ1) is 11.5. The molecule has 0 aliphatic rings. The maximum atomic E-state index is 12.3. The Hall–Kier alpha value is -2.73. The Morgan fingerprint density at radius 3 is 2.50 bits per heavy atom. The SMILES string of the molecule is COc1ccc(CNC(=O)c2cc(C(=O)O)ccc2Cl)c(OC)c1. The second-order valence-corrected chi connectivity index (χ2v) is 5.27. The summed E-state index contributed by atoms with van der Waals surface area (Å²) in [4.78, 5) is 23.3. The van der Waals surface area contributed by atoms with Gasteiger partial charge in [-0.2, -0.15) is 0 Å². The zero-order valence-electron chi connectivity index (χ0n) is 13.1. The molecule has 0 unspecified atom stereocenters. The lowest BCUT2D eigenvalue weighted by Gasteiger charge is -2.12. The third-order valence-corrected chi connectivity index (χ3v) is 3.72. The van der Waals surface area contributed by atoms with E-state index in [1.54, 1.807) is 25.3 Å². The van der Waals surface area contributed by atoms with Gasteiger partial charge in [0.05, 0.1) is 30.4 Å². The van der Waals surface area contributed by atoms with E-state index in [4.69, 9.17) is 26.2 Å². The minimum absolute atomic E-state index is 0.00780. The van der Waals surface area contributed by atoms with Crippen LogP contribution in [-0.4, -0.2) is 31.2 Å². The molecule has 24 heavy (non-hydrogen) atoms. The van der Waals surface area contributed by atoms with Crippen molar-refractivity contribution in [2.45, 2.75) is 6.54 Å². The van der Waals surface area contributed by atoms with E-state index < -0.39 is 11.9 Å². The third kappa shape index (κ3) is 3.97. The number of methoxy groups -OCH3 is 2. The van der Waals surface area contributed by atoms with Crippen molar-refractivity contribution in [1.29, 1.82) is 0 Å². The van der Waals surface area contributed by atoms with E-state index in [0.717, 1.165) is 5.56 Å². The van der Waals surface area contributed by atoms with Crippen molar-refractivity contribution in [3.8, 4) is 11.5 Å². The molecule has 7 heteroatoms. The molecule has 2 rings (SSSR count). The molecule has 0 fully saturated rings. The van der Waals surface area contributed by atoms with Crippen LogP contribution in [0.4, 0.5) is 0 Å². The largest absolute Gasteiger partial charge is 0.497 e. The van der Waals surface area contributed by atoms with Crippen LogP contribution in [0.15, 0.2) is 36.4 Å². The molecule has 0 aliphatic heterocycles. The van der Waals surface area contributed by atoms with Crippen LogP contribution in [0.3, 0.4) is 0 Å². The van der Waals surface area contributed by atoms with Crippen LogP contribution in [-0.2, 0) is 6.54 Å². The number of benzene rings is 2. The van der Waals surface area contributed by atoms with Crippen LogP contribution < -0.4 is 14.8 Å². The van der Waals surface area contributed by atoms with Gasteiger partial charge in [0.15, 0.2) is 0 Å². The van der Waals surface area contributed by atoms with Crippen LogP contribution in [0, 0.1) is 0 Å². The minimum Gasteiger partial charge on any atom is -0.497 e. The number of carboxylic acid groups (broad SMARTS) is 1. The number of carbonyl (C=O) groups excluding carboxylic acids is 1. The average molecular weight is 350 g/mol. The first kappa shape index (κ1) is 17.6. The summed E-state index contributed by atoms with van der Waals surface area (Å²) in [6.45, 7) is 0.194. The van der Waals surface area contributed by atoms with Crippen molar-refractivity contribution in [2.75, 3.05) is 14.2 Å². The second kappa shape index (κ2) is 7.70. The lowest BCUT2D eigenvalue weighted by Crippen LogP contribution is -2.23. The molecular formula is C17H16ClNO5. The Balaban J connectivity index is 2.16. The number of carboxylic acids is 1. The van der Waals surface area contributed by atoms with Crippen molar-refractivity contribution in [1.82, 2.24) is 5.32 Å². The Labute approximate surface area is 144 Å². The van der Waals surface area contributed by atoms with Crippen molar-refractivity contribution in [3.63, 3.8) is 0 Å². The number of halogens is 1. The molecular weight excluding hydrogens is 334 g/mol. The second-order valence-electron chi connectivity index (χ2n) is 4.86. The van der Waals surface area contributed by atoms with Crippen LogP contribution in [0.5, 0.6) is 11.5 Å². The van der Waals surface area contributed by atoms with E-state index in [1.807, 2.05) is 0 Å². The monoisotopic (exact) mass is 349 g/mol. The van der Waals surface area contributed by atoms with Crippen molar-refractivity contribution < 1.29 is 24.2 Å². The number of hydrogen-bond donors (Lipinski definition) is 2. The molecule has 1 amide bonds. The van der Waals surface area contributed by atoms with Gasteiger partial charge < -0.3 is 19.9 Å². The van der Waals surface area contributed by atoms with Crippen molar-refractivity contribution in [2.24, 2.45) is 0 Å². The van der Waals surface area contributed by atoms with Gasteiger partial charge in [-0.15, -0.1) is 0 Å². The molecule has 0 radical (unpaired) electrons. The number of amides is 1. The number of hydrogen-bond acceptors (Lipinski definition) is 4. The van der Waals surface area contributed by atoms with Gasteiger partial charge in [-0.25, -0.2) is 4.79 Å². The summed E-state index contributed by atoms with van der Waals surface area (Å²) in [7, 11) is 3.07. The lowest BCUT2D eigenvalue weighted by molar-refractivity contribution is 0.0697. The Morgan fingerprint density at radius 1 is 1.12 bits per heavy atom. The summed E-state index contributed by atoms with van der Waals surface area (Å²) in [5.74, 6) is -0.391. The molecule has 0 aliphatic carbocycles. The lowest BCUT2D eigenvalue weighted by atomic mass is 10.1. The summed E-state index contributed by atoms with van der Waals surface area (Å²) in [5.41, 5.74) is 0.841. The van der Waals surface area contributed by atoms with E-state index in [2.05, 4.69) is 5.32 Å². The number of rotatable bonds is 6. The fourth-order valence-corrected chi connectivity index (χ4v) is 2.30. The molecule has 0 saturated heterocycles. The fraction of sp³-hybridized carbons (Fsp3) is 0.176. The van der Waals surface area contributed by atoms with Gasteiger partial charge >= 0.3 is 5.97 Å². The smallest absolute Gasteiger partial charge is 0.335 e. The number of aromatic carboxylic acids is 1. The zero-order chi connectivity index (χ0) is 17.7. The maximum absolute atomic E-state index is 12.3. The topological polar surface area (TPSA) is 84.9 Å². The number of nitrogens with one attached hydrogen (secondary N) is 1. The van der Waals surface area contributed by atoms with Gasteiger partial charge in [0.1, 0.15) is 11.5 Å². The normalized spacial score (nSPS) is 10.1. The maximum Gasteiger partial charge on any atom is 0.335 e. The van der Waals surface area contributed by atoms with Crippen molar-refractivity contribution >= 4 is 23.5 Å². The zero-order valence-corrected chi connectivity index (χ0v) is 13.9. The first-order valence-corrected chi connectivity index (χ1v) is 7.36. The van der Waals surface area contributed by atoms with E-state index in [1.165, 1.54) is 25.3 Å². The summed E-state index contributed by atoms with van der Waals surface area (Å²) in [5, 5.41) is 11.9. The third-order valence-electron chi connectivity index (χ3n) is 3.39. The molecule has 0 bridgehead atoms. The molecule has 2 aromatic rings. The summed E-state index contributed by atoms with van der Waals surface area (Å²) < 4.78 is 10.4. The van der Waals surface area contributed by atoms with Gasteiger partial charge in [0.2, 0.25) is 0 Å². The highest BCUT2D eigenvalue weighted by molar-refractivity contribution is 6.34. The highest BCUT2D eigenvalue weighted by Crippen LogP contribution is 2.25. The van der Waals surface area contributed by atoms with Crippen LogP contribution in [0.2, 0.25) is 5.02 Å². The van der Waals surface area contributed by atoms with E-state index in [-0.39, 0.29) is 22.7 Å². The molecule has 0 heterocycles. The summed E-state index contributed by atoms with van der Waals surface area (Å²) in [6.07, 6.45) is 0. The van der Waals surface area contributed by atoms with E-state index in [9.17, 15) is 9.59 Å².